The monoisotopic (exact) mass is 1090 g/mol. The summed E-state index contributed by atoms with van der Waals surface area (Å²) in [5, 5.41) is 197. The van der Waals surface area contributed by atoms with Gasteiger partial charge in [0.25, 0.3) is 0 Å². The second-order valence-electron chi connectivity index (χ2n) is 19.1. The van der Waals surface area contributed by atoms with E-state index in [0.717, 1.165) is 0 Å². The molecule has 31 heteroatoms. The number of hydrogen-bond donors (Lipinski definition) is 18. The molecule has 0 unspecified atom stereocenters. The fraction of sp³-hybridized carbons (Fsp3) is 0.864. The third-order valence-corrected chi connectivity index (χ3v) is 14.3. The van der Waals surface area contributed by atoms with Crippen molar-refractivity contribution in [2.45, 2.75) is 197 Å². The minimum atomic E-state index is -2.17. The number of ether oxygens (including phenoxy) is 13. The number of aliphatic hydroxyl groups is 18. The van der Waals surface area contributed by atoms with Gasteiger partial charge in [0.1, 0.15) is 146 Å². The number of benzene rings is 1. The van der Waals surface area contributed by atoms with Crippen LogP contribution in [0.3, 0.4) is 0 Å². The summed E-state index contributed by atoms with van der Waals surface area (Å²) < 4.78 is 74.5. The van der Waals surface area contributed by atoms with E-state index in [1.54, 1.807) is 24.3 Å². The Kier molecular flexibility index (Phi) is 20.2. The van der Waals surface area contributed by atoms with Crippen LogP contribution in [0.4, 0.5) is 0 Å². The van der Waals surface area contributed by atoms with E-state index >= 15 is 0 Å². The minimum Gasteiger partial charge on any atom is -0.394 e. The third-order valence-electron chi connectivity index (χ3n) is 14.3. The molecule has 6 saturated heterocycles. The highest BCUT2D eigenvalue weighted by Crippen LogP contribution is 2.37. The lowest BCUT2D eigenvalue weighted by Gasteiger charge is -2.50. The Balaban J connectivity index is 1.04. The molecule has 1 aromatic carbocycles. The van der Waals surface area contributed by atoms with Crippen LogP contribution in [0.2, 0.25) is 0 Å². The number of hydrogen-bond acceptors (Lipinski definition) is 31. The zero-order valence-electron chi connectivity index (χ0n) is 39.6. The molecule has 6 fully saturated rings. The van der Waals surface area contributed by atoms with E-state index in [-0.39, 0.29) is 13.2 Å². The van der Waals surface area contributed by atoms with Gasteiger partial charge in [-0.05, 0) is 11.1 Å². The first-order chi connectivity index (χ1) is 35.9. The van der Waals surface area contributed by atoms with Crippen LogP contribution in [-0.2, 0) is 74.8 Å². The normalized spacial score (nSPS) is 50.6. The molecule has 1 aromatic rings. The average Bonchev–Trinajstić information content (AvgIpc) is 3.41. The smallest absolute Gasteiger partial charge is 0.187 e. The standard InChI is InChI=1S/C44H68O31/c45-5-15-33-21(51)28(58)40(66-15)72-35-17(7-47)68-42(30(60)23(35)53)74-37-19(9-49)70-44(32(62)25(37)55)75-38-20(10-50)69-43(31(61)26(38)56)73-36-18(8-48)67-41(29(59)24(36)54)71-34-16(6-46)65-39(27(57)22(34)52)64-12-14-3-1-13(2-4-14)11-63-33/h1-4,15-62H,5-12H2/t15-,16-,17-,18-,19-,20-,21-,22-,23-,24-,25-,26-,27-,28-,29-,30-,31-,32-,33-,34-,35-,36-,37-,38-,39-,40-,41-,42-,43-,44-/m1/s1. The molecule has 14 bridgehead atoms. The highest BCUT2D eigenvalue weighted by atomic mass is 16.8. The molecule has 21 heterocycles. The van der Waals surface area contributed by atoms with Gasteiger partial charge in [-0.25, -0.2) is 0 Å². The van der Waals surface area contributed by atoms with E-state index in [1.165, 1.54) is 0 Å². The van der Waals surface area contributed by atoms with E-state index in [9.17, 15) is 91.9 Å². The molecule has 430 valence electrons. The molecule has 0 aromatic heterocycles. The number of rotatable bonds is 6. The summed E-state index contributed by atoms with van der Waals surface area (Å²) in [7, 11) is 0. The molecule has 22 rings (SSSR count). The van der Waals surface area contributed by atoms with Crippen LogP contribution in [0.1, 0.15) is 11.1 Å². The predicted molar refractivity (Wildman–Crippen MR) is 231 cm³/mol. The maximum absolute atomic E-state index is 11.3. The lowest BCUT2D eigenvalue weighted by atomic mass is 9.95. The zero-order valence-corrected chi connectivity index (χ0v) is 39.6. The molecule has 75 heavy (non-hydrogen) atoms. The Hall–Kier alpha value is -2.02. The molecule has 0 spiro atoms. The summed E-state index contributed by atoms with van der Waals surface area (Å²) >= 11 is 0. The maximum Gasteiger partial charge on any atom is 0.187 e. The van der Waals surface area contributed by atoms with Crippen LogP contribution in [0.15, 0.2) is 24.3 Å². The van der Waals surface area contributed by atoms with Crippen molar-refractivity contribution in [2.24, 2.45) is 0 Å². The first kappa shape index (κ1) is 59.1. The summed E-state index contributed by atoms with van der Waals surface area (Å²) in [4.78, 5) is 0. The molecule has 21 aliphatic heterocycles. The molecule has 0 radical (unpaired) electrons. The van der Waals surface area contributed by atoms with E-state index < -0.39 is 224 Å². The SMILES string of the molecule is OC[C@H]1O[C@@H]2O[C@H]3[C@H](O)[C@@H](O)[C@@H](O[C@H]4[C@H](O)[C@@H](O)[C@@H](O[C@H]5[C@H](O)[C@@H](O)[C@@H](O[C@H]6[C@H](O)[C@@H](O)[C@@H](O[C@H]7[C@H](O)[C@@H](O)[C@H](OCc8ccc(cc8)CO[C@H]1[C@H](O)[C@H]2O)O[C@@H]7CO)O[C@@H]6CO)O[C@@H]5CO)O[C@@H]4CO)O[C@@H]3CO. The molecule has 30 atom stereocenters. The van der Waals surface area contributed by atoms with Crippen LogP contribution in [-0.4, -0.2) is 316 Å². The summed E-state index contributed by atoms with van der Waals surface area (Å²) in [6, 6.07) is 6.34. The Bertz CT molecular complexity index is 1900. The summed E-state index contributed by atoms with van der Waals surface area (Å²) in [5.41, 5.74) is 1.00. The third kappa shape index (κ3) is 12.2. The summed E-state index contributed by atoms with van der Waals surface area (Å²) in [6.45, 7) is -6.04. The van der Waals surface area contributed by atoms with Crippen LogP contribution in [0.5, 0.6) is 0 Å². The highest BCUT2D eigenvalue weighted by Gasteiger charge is 2.58. The Morgan fingerprint density at radius 3 is 0.707 bits per heavy atom. The summed E-state index contributed by atoms with van der Waals surface area (Å²) in [6.07, 6.45) is -55.5. The minimum absolute atomic E-state index is 0.218. The van der Waals surface area contributed by atoms with Crippen molar-refractivity contribution >= 4 is 0 Å². The van der Waals surface area contributed by atoms with Gasteiger partial charge in [-0.3, -0.25) is 0 Å². The van der Waals surface area contributed by atoms with Crippen molar-refractivity contribution in [1.29, 1.82) is 0 Å². The van der Waals surface area contributed by atoms with Gasteiger partial charge in [0.2, 0.25) is 0 Å². The quantitative estimate of drug-likeness (QED) is 0.126. The van der Waals surface area contributed by atoms with Gasteiger partial charge in [-0.2, -0.15) is 0 Å². The van der Waals surface area contributed by atoms with Crippen molar-refractivity contribution in [2.75, 3.05) is 39.6 Å². The van der Waals surface area contributed by atoms with Gasteiger partial charge < -0.3 is 153 Å². The zero-order chi connectivity index (χ0) is 54.2. The molecular weight excluding hydrogens is 1020 g/mol. The van der Waals surface area contributed by atoms with Gasteiger partial charge >= 0.3 is 0 Å². The second kappa shape index (κ2) is 25.6. The highest BCUT2D eigenvalue weighted by molar-refractivity contribution is 5.21. The topological polar surface area (TPSA) is 484 Å². The molecular formula is C44H68O31. The van der Waals surface area contributed by atoms with Gasteiger partial charge in [0.15, 0.2) is 37.7 Å². The van der Waals surface area contributed by atoms with Crippen LogP contribution in [0, 0.1) is 0 Å². The molecule has 0 amide bonds. The van der Waals surface area contributed by atoms with E-state index in [2.05, 4.69) is 0 Å². The van der Waals surface area contributed by atoms with Crippen molar-refractivity contribution in [3.05, 3.63) is 35.4 Å². The lowest BCUT2D eigenvalue weighted by Crippen LogP contribution is -2.68. The van der Waals surface area contributed by atoms with Gasteiger partial charge in [-0.1, -0.05) is 24.3 Å². The van der Waals surface area contributed by atoms with Crippen LogP contribution in [0.25, 0.3) is 0 Å². The first-order valence-electron chi connectivity index (χ1n) is 24.2. The van der Waals surface area contributed by atoms with Crippen molar-refractivity contribution < 1.29 is 153 Å². The van der Waals surface area contributed by atoms with Crippen molar-refractivity contribution in [1.82, 2.24) is 0 Å². The Morgan fingerprint density at radius 2 is 0.453 bits per heavy atom. The molecule has 18 N–H and O–H groups in total. The maximum atomic E-state index is 11.3. The van der Waals surface area contributed by atoms with E-state index in [1.807, 2.05) is 0 Å². The average molecular weight is 1090 g/mol. The second-order valence-corrected chi connectivity index (χ2v) is 19.1. The predicted octanol–water partition coefficient (Wildman–Crippen LogP) is -11.3. The van der Waals surface area contributed by atoms with Crippen LogP contribution < -0.4 is 0 Å². The molecule has 0 aliphatic carbocycles. The summed E-state index contributed by atoms with van der Waals surface area (Å²) in [5.74, 6) is 0. The molecule has 31 nitrogen and oxygen atoms in total. The van der Waals surface area contributed by atoms with Gasteiger partial charge in [0, 0.05) is 0 Å². The fourth-order valence-corrected chi connectivity index (χ4v) is 9.94. The van der Waals surface area contributed by atoms with E-state index in [4.69, 9.17) is 61.6 Å². The molecule has 0 saturated carbocycles. The Morgan fingerprint density at radius 1 is 0.253 bits per heavy atom. The first-order valence-corrected chi connectivity index (χ1v) is 24.2. The van der Waals surface area contributed by atoms with Crippen molar-refractivity contribution in [3.63, 3.8) is 0 Å². The largest absolute Gasteiger partial charge is 0.394 e. The van der Waals surface area contributed by atoms with Gasteiger partial charge in [-0.15, -0.1) is 0 Å². The number of aliphatic hydroxyl groups excluding tert-OH is 18. The van der Waals surface area contributed by atoms with E-state index in [0.29, 0.717) is 11.1 Å². The van der Waals surface area contributed by atoms with Crippen molar-refractivity contribution in [3.8, 4) is 0 Å². The van der Waals surface area contributed by atoms with Crippen LogP contribution >= 0.6 is 0 Å². The lowest BCUT2D eigenvalue weighted by molar-refractivity contribution is -0.396. The van der Waals surface area contributed by atoms with Gasteiger partial charge in [0.05, 0.1) is 52.9 Å². The fourth-order valence-electron chi connectivity index (χ4n) is 9.94. The Labute approximate surface area is 425 Å². The molecule has 21 aliphatic rings.